The summed E-state index contributed by atoms with van der Waals surface area (Å²) in [4.78, 5) is 12.0. The van der Waals surface area contributed by atoms with Crippen LogP contribution in [0.25, 0.3) is 0 Å². The molecule has 3 heteroatoms. The van der Waals surface area contributed by atoms with Crippen molar-refractivity contribution < 1.29 is 9.90 Å². The molecule has 1 unspecified atom stereocenters. The van der Waals surface area contributed by atoms with Crippen LogP contribution in [0.5, 0.6) is 0 Å². The van der Waals surface area contributed by atoms with Gasteiger partial charge in [0.25, 0.3) is 0 Å². The van der Waals surface area contributed by atoms with E-state index in [1.54, 1.807) is 6.08 Å². The van der Waals surface area contributed by atoms with Crippen LogP contribution in [-0.4, -0.2) is 23.2 Å². The molecule has 3 nitrogen and oxygen atoms in total. The number of amides is 1. The maximum absolute atomic E-state index is 12.0. The zero-order chi connectivity index (χ0) is 20.9. The van der Waals surface area contributed by atoms with Gasteiger partial charge in [0.2, 0.25) is 5.91 Å². The van der Waals surface area contributed by atoms with E-state index in [0.29, 0.717) is 6.54 Å². The predicted molar refractivity (Wildman–Crippen MR) is 122 cm³/mol. The lowest BCUT2D eigenvalue weighted by Crippen LogP contribution is -2.42. The third kappa shape index (κ3) is 16.6. The van der Waals surface area contributed by atoms with Crippen LogP contribution >= 0.6 is 0 Å². The number of unbranched alkanes of at least 4 members (excludes halogenated alkanes) is 5. The summed E-state index contributed by atoms with van der Waals surface area (Å²) in [7, 11) is 0. The highest BCUT2D eigenvalue weighted by Gasteiger charge is 2.25. The Morgan fingerprint density at radius 1 is 0.821 bits per heavy atom. The predicted octanol–water partition coefficient (Wildman–Crippen LogP) is 6.41. The van der Waals surface area contributed by atoms with Crippen LogP contribution in [0.15, 0.2) is 48.6 Å². The molecule has 1 atom stereocenters. The first-order chi connectivity index (χ1) is 13.6. The summed E-state index contributed by atoms with van der Waals surface area (Å²) in [5, 5.41) is 13.8. The molecule has 0 aliphatic heterocycles. The van der Waals surface area contributed by atoms with Gasteiger partial charge in [0.1, 0.15) is 0 Å². The molecule has 0 aromatic carbocycles. The van der Waals surface area contributed by atoms with Crippen LogP contribution in [-0.2, 0) is 4.79 Å². The van der Waals surface area contributed by atoms with Crippen molar-refractivity contribution in [3.63, 3.8) is 0 Å². The van der Waals surface area contributed by atoms with E-state index in [4.69, 9.17) is 0 Å². The van der Waals surface area contributed by atoms with Gasteiger partial charge in [-0.15, -0.1) is 0 Å². The molecule has 0 saturated carbocycles. The van der Waals surface area contributed by atoms with Gasteiger partial charge in [-0.3, -0.25) is 4.79 Å². The number of allylic oxidation sites excluding steroid dienone is 7. The summed E-state index contributed by atoms with van der Waals surface area (Å²) in [6.07, 6.45) is 26.7. The van der Waals surface area contributed by atoms with Gasteiger partial charge in [-0.2, -0.15) is 0 Å². The van der Waals surface area contributed by atoms with Crippen LogP contribution in [0.4, 0.5) is 0 Å². The summed E-state index contributed by atoms with van der Waals surface area (Å²) >= 11 is 0. The van der Waals surface area contributed by atoms with Crippen LogP contribution in [0.2, 0.25) is 0 Å². The normalized spacial score (nSPS) is 14.6. The van der Waals surface area contributed by atoms with Crippen molar-refractivity contribution in [2.24, 2.45) is 0 Å². The Morgan fingerprint density at radius 2 is 1.46 bits per heavy atom. The number of carbonyl (C=O) groups is 1. The summed E-state index contributed by atoms with van der Waals surface area (Å²) in [5.41, 5.74) is -0.769. The van der Waals surface area contributed by atoms with E-state index in [0.717, 1.165) is 57.8 Å². The standard InChI is InChI=1S/C25H43NO2/c1-4-7-10-12-13-14-15-16-17-18-20-24(27)26-23-25(28,21-9-6-3)22-19-11-8-5-2/h7,10,12-15,18,20,28H,4-6,8-9,11,16-17,19,21-23H2,1-3H3,(H,26,27). The maximum Gasteiger partial charge on any atom is 0.243 e. The number of carbonyl (C=O) groups excluding carboxylic acids is 1. The molecule has 2 N–H and O–H groups in total. The minimum absolute atomic E-state index is 0.114. The Labute approximate surface area is 173 Å². The van der Waals surface area contributed by atoms with Crippen molar-refractivity contribution >= 4 is 5.91 Å². The van der Waals surface area contributed by atoms with Crippen LogP contribution in [0, 0.1) is 0 Å². The number of hydrogen-bond acceptors (Lipinski definition) is 2. The third-order valence-electron chi connectivity index (χ3n) is 4.69. The fourth-order valence-corrected chi connectivity index (χ4v) is 2.90. The van der Waals surface area contributed by atoms with E-state index in [1.807, 2.05) is 30.4 Å². The minimum atomic E-state index is -0.769. The molecule has 0 radical (unpaired) electrons. The zero-order valence-electron chi connectivity index (χ0n) is 18.5. The summed E-state index contributed by atoms with van der Waals surface area (Å²) in [5.74, 6) is -0.114. The number of hydrogen-bond donors (Lipinski definition) is 2. The molecule has 0 bridgehead atoms. The fraction of sp³-hybridized carbons (Fsp3) is 0.640. The molecule has 0 saturated heterocycles. The molecule has 0 spiro atoms. The van der Waals surface area contributed by atoms with Crippen molar-refractivity contribution in [3.05, 3.63) is 48.6 Å². The van der Waals surface area contributed by atoms with Crippen molar-refractivity contribution in [1.29, 1.82) is 0 Å². The Balaban J connectivity index is 4.16. The average Bonchev–Trinajstić information content (AvgIpc) is 2.70. The SMILES string of the molecule is CCC=CC=CC=CCCC=CC(=O)NCC(O)(CCCC)CCCCCC. The van der Waals surface area contributed by atoms with Crippen LogP contribution in [0.1, 0.15) is 91.4 Å². The second-order valence-corrected chi connectivity index (χ2v) is 7.49. The highest BCUT2D eigenvalue weighted by Crippen LogP contribution is 2.21. The number of aliphatic hydroxyl groups is 1. The molecule has 1 amide bonds. The van der Waals surface area contributed by atoms with Gasteiger partial charge in [-0.25, -0.2) is 0 Å². The topological polar surface area (TPSA) is 49.3 Å². The van der Waals surface area contributed by atoms with Gasteiger partial charge >= 0.3 is 0 Å². The second kappa shape index (κ2) is 18.7. The maximum atomic E-state index is 12.0. The lowest BCUT2D eigenvalue weighted by atomic mass is 9.90. The molecule has 0 aromatic heterocycles. The largest absolute Gasteiger partial charge is 0.388 e. The van der Waals surface area contributed by atoms with E-state index < -0.39 is 5.60 Å². The van der Waals surface area contributed by atoms with Crippen LogP contribution < -0.4 is 5.32 Å². The fourth-order valence-electron chi connectivity index (χ4n) is 2.90. The lowest BCUT2D eigenvalue weighted by molar-refractivity contribution is -0.118. The molecular weight excluding hydrogens is 346 g/mol. The van der Waals surface area contributed by atoms with E-state index in [2.05, 4.69) is 38.2 Å². The molecule has 160 valence electrons. The first kappa shape index (κ1) is 26.4. The van der Waals surface area contributed by atoms with Gasteiger partial charge < -0.3 is 10.4 Å². The molecular formula is C25H43NO2. The van der Waals surface area contributed by atoms with Crippen molar-refractivity contribution in [2.45, 2.75) is 97.0 Å². The molecule has 0 heterocycles. The Bertz CT molecular complexity index is 491. The smallest absolute Gasteiger partial charge is 0.243 e. The Hall–Kier alpha value is -1.61. The lowest BCUT2D eigenvalue weighted by Gasteiger charge is -2.28. The van der Waals surface area contributed by atoms with Gasteiger partial charge in [-0.1, -0.05) is 102 Å². The first-order valence-corrected chi connectivity index (χ1v) is 11.2. The quantitative estimate of drug-likeness (QED) is 0.171. The molecule has 0 aliphatic rings. The highest BCUT2D eigenvalue weighted by molar-refractivity contribution is 5.87. The van der Waals surface area contributed by atoms with Crippen LogP contribution in [0.3, 0.4) is 0 Å². The number of nitrogens with one attached hydrogen (secondary N) is 1. The molecule has 0 rings (SSSR count). The monoisotopic (exact) mass is 389 g/mol. The molecule has 0 aliphatic carbocycles. The first-order valence-electron chi connectivity index (χ1n) is 11.2. The van der Waals surface area contributed by atoms with Gasteiger partial charge in [0, 0.05) is 6.54 Å². The van der Waals surface area contributed by atoms with Gasteiger partial charge in [0.15, 0.2) is 0 Å². The zero-order valence-corrected chi connectivity index (χ0v) is 18.5. The van der Waals surface area contributed by atoms with Gasteiger partial charge in [-0.05, 0) is 38.2 Å². The molecule has 0 fully saturated rings. The third-order valence-corrected chi connectivity index (χ3v) is 4.69. The summed E-state index contributed by atoms with van der Waals surface area (Å²) in [6, 6.07) is 0. The highest BCUT2D eigenvalue weighted by atomic mass is 16.3. The van der Waals surface area contributed by atoms with E-state index in [1.165, 1.54) is 12.8 Å². The minimum Gasteiger partial charge on any atom is -0.388 e. The van der Waals surface area contributed by atoms with Crippen molar-refractivity contribution in [3.8, 4) is 0 Å². The van der Waals surface area contributed by atoms with Crippen molar-refractivity contribution in [1.82, 2.24) is 5.32 Å². The molecule has 28 heavy (non-hydrogen) atoms. The second-order valence-electron chi connectivity index (χ2n) is 7.49. The molecule has 0 aromatic rings. The Morgan fingerprint density at radius 3 is 2.14 bits per heavy atom. The van der Waals surface area contributed by atoms with E-state index in [9.17, 15) is 9.90 Å². The summed E-state index contributed by atoms with van der Waals surface area (Å²) < 4.78 is 0. The average molecular weight is 390 g/mol. The van der Waals surface area contributed by atoms with E-state index in [-0.39, 0.29) is 5.91 Å². The van der Waals surface area contributed by atoms with Gasteiger partial charge in [0.05, 0.1) is 5.60 Å². The summed E-state index contributed by atoms with van der Waals surface area (Å²) in [6.45, 7) is 6.78. The Kier molecular flexibility index (Phi) is 17.7. The van der Waals surface area contributed by atoms with E-state index >= 15 is 0 Å². The van der Waals surface area contributed by atoms with Crippen molar-refractivity contribution in [2.75, 3.05) is 6.54 Å². The number of rotatable bonds is 17.